The second-order valence-electron chi connectivity index (χ2n) is 5.33. The van der Waals surface area contributed by atoms with Gasteiger partial charge in [-0.05, 0) is 31.0 Å². The molecule has 22 heavy (non-hydrogen) atoms. The van der Waals surface area contributed by atoms with E-state index in [0.717, 1.165) is 18.4 Å². The molecule has 0 unspecified atom stereocenters. The van der Waals surface area contributed by atoms with Gasteiger partial charge in [-0.15, -0.1) is 0 Å². The van der Waals surface area contributed by atoms with Crippen molar-refractivity contribution in [2.24, 2.45) is 0 Å². The monoisotopic (exact) mass is 324 g/mol. The fourth-order valence-electron chi connectivity index (χ4n) is 2.15. The number of halogens is 1. The van der Waals surface area contributed by atoms with E-state index in [9.17, 15) is 9.59 Å². The number of benzene rings is 1. The van der Waals surface area contributed by atoms with Crippen LogP contribution in [0.5, 0.6) is 0 Å². The van der Waals surface area contributed by atoms with Crippen LogP contribution in [0.15, 0.2) is 24.3 Å². The molecule has 1 atom stereocenters. The summed E-state index contributed by atoms with van der Waals surface area (Å²) in [6.45, 7) is 6.66. The minimum absolute atomic E-state index is 0.0434. The Morgan fingerprint density at radius 1 is 1.32 bits per heavy atom. The molecule has 1 N–H and O–H groups in total. The number of carbonyl (C=O) groups excluding carboxylic acids is 2. The van der Waals surface area contributed by atoms with Crippen molar-refractivity contribution in [3.05, 3.63) is 34.9 Å². The lowest BCUT2D eigenvalue weighted by Crippen LogP contribution is -2.47. The lowest BCUT2D eigenvalue weighted by molar-refractivity contribution is -0.140. The van der Waals surface area contributed by atoms with Crippen LogP contribution in [0.25, 0.3) is 0 Å². The molecule has 1 aromatic rings. The van der Waals surface area contributed by atoms with Gasteiger partial charge in [-0.25, -0.2) is 0 Å². The molecule has 0 bridgehead atoms. The van der Waals surface area contributed by atoms with Crippen LogP contribution in [0.3, 0.4) is 0 Å². The van der Waals surface area contributed by atoms with Crippen LogP contribution in [0.4, 0.5) is 0 Å². The predicted molar refractivity (Wildman–Crippen MR) is 89.7 cm³/mol. The lowest BCUT2D eigenvalue weighted by atomic mass is 10.1. The first-order valence-electron chi connectivity index (χ1n) is 7.81. The molecule has 0 heterocycles. The van der Waals surface area contributed by atoms with Crippen LogP contribution < -0.4 is 5.32 Å². The third-order valence-corrected chi connectivity index (χ3v) is 3.78. The van der Waals surface area contributed by atoms with E-state index >= 15 is 0 Å². The second kappa shape index (κ2) is 9.46. The van der Waals surface area contributed by atoms with E-state index < -0.39 is 6.04 Å². The highest BCUT2D eigenvalue weighted by molar-refractivity contribution is 6.30. The van der Waals surface area contributed by atoms with Crippen LogP contribution in [0, 0.1) is 0 Å². The summed E-state index contributed by atoms with van der Waals surface area (Å²) in [6, 6.07) is 6.86. The van der Waals surface area contributed by atoms with Crippen molar-refractivity contribution in [1.82, 2.24) is 10.2 Å². The summed E-state index contributed by atoms with van der Waals surface area (Å²) in [7, 11) is 0. The molecular formula is C17H25ClN2O2. The number of hydrogen-bond donors (Lipinski definition) is 1. The van der Waals surface area contributed by atoms with Gasteiger partial charge >= 0.3 is 0 Å². The van der Waals surface area contributed by atoms with Gasteiger partial charge in [0.15, 0.2) is 0 Å². The molecule has 0 aromatic heterocycles. The van der Waals surface area contributed by atoms with Gasteiger partial charge in [-0.1, -0.05) is 44.0 Å². The van der Waals surface area contributed by atoms with Crippen molar-refractivity contribution < 1.29 is 9.59 Å². The molecule has 0 aliphatic carbocycles. The Morgan fingerprint density at radius 3 is 2.64 bits per heavy atom. The van der Waals surface area contributed by atoms with E-state index in [-0.39, 0.29) is 11.8 Å². The molecule has 4 nitrogen and oxygen atoms in total. The molecule has 0 aliphatic heterocycles. The van der Waals surface area contributed by atoms with E-state index in [0.29, 0.717) is 24.5 Å². The third kappa shape index (κ3) is 5.68. The maximum absolute atomic E-state index is 12.2. The Morgan fingerprint density at radius 2 is 2.05 bits per heavy atom. The van der Waals surface area contributed by atoms with Gasteiger partial charge in [0, 0.05) is 24.5 Å². The molecule has 1 rings (SSSR count). The van der Waals surface area contributed by atoms with E-state index in [4.69, 9.17) is 11.6 Å². The number of nitrogens with zero attached hydrogens (tertiary/aromatic N) is 1. The van der Waals surface area contributed by atoms with Crippen molar-refractivity contribution in [1.29, 1.82) is 0 Å². The van der Waals surface area contributed by atoms with Crippen LogP contribution in [-0.2, 0) is 16.1 Å². The quantitative estimate of drug-likeness (QED) is 0.745. The number of unbranched alkanes of at least 4 members (excludes halogenated alkanes) is 1. The first-order valence-corrected chi connectivity index (χ1v) is 8.19. The van der Waals surface area contributed by atoms with Gasteiger partial charge in [-0.2, -0.15) is 0 Å². The highest BCUT2D eigenvalue weighted by atomic mass is 35.5. The Bertz CT molecular complexity index is 505. The van der Waals surface area contributed by atoms with Crippen molar-refractivity contribution >= 4 is 23.4 Å². The Balaban J connectivity index is 2.79. The maximum atomic E-state index is 12.2. The third-order valence-electron chi connectivity index (χ3n) is 3.54. The summed E-state index contributed by atoms with van der Waals surface area (Å²) in [6.07, 6.45) is 2.33. The summed E-state index contributed by atoms with van der Waals surface area (Å²) < 4.78 is 0. The van der Waals surface area contributed by atoms with Crippen LogP contribution in [-0.4, -0.2) is 29.3 Å². The molecule has 122 valence electrons. The summed E-state index contributed by atoms with van der Waals surface area (Å²) in [5.74, 6) is -0.157. The van der Waals surface area contributed by atoms with Gasteiger partial charge in [-0.3, -0.25) is 9.59 Å². The average Bonchev–Trinajstić information content (AvgIpc) is 2.51. The molecular weight excluding hydrogens is 300 g/mol. The summed E-state index contributed by atoms with van der Waals surface area (Å²) in [5.41, 5.74) is 0.919. The van der Waals surface area contributed by atoms with E-state index in [1.807, 2.05) is 18.2 Å². The number of rotatable bonds is 8. The largest absolute Gasteiger partial charge is 0.354 e. The van der Waals surface area contributed by atoms with Crippen LogP contribution in [0.1, 0.15) is 45.6 Å². The van der Waals surface area contributed by atoms with Crippen molar-refractivity contribution in [3.63, 3.8) is 0 Å². The number of hydrogen-bond acceptors (Lipinski definition) is 2. The molecule has 1 aromatic carbocycles. The van der Waals surface area contributed by atoms with E-state index in [1.54, 1.807) is 24.8 Å². The normalized spacial score (nSPS) is 11.8. The lowest BCUT2D eigenvalue weighted by Gasteiger charge is -2.28. The zero-order chi connectivity index (χ0) is 16.5. The molecule has 0 aliphatic rings. The van der Waals surface area contributed by atoms with Crippen LogP contribution in [0.2, 0.25) is 5.02 Å². The number of amides is 2. The Hall–Kier alpha value is -1.55. The zero-order valence-electron chi connectivity index (χ0n) is 13.6. The second-order valence-corrected chi connectivity index (χ2v) is 5.76. The molecule has 0 spiro atoms. The molecule has 0 radical (unpaired) electrons. The minimum Gasteiger partial charge on any atom is -0.354 e. The van der Waals surface area contributed by atoms with Gasteiger partial charge in [0.1, 0.15) is 6.04 Å². The van der Waals surface area contributed by atoms with Crippen molar-refractivity contribution in [3.8, 4) is 0 Å². The number of nitrogens with one attached hydrogen (secondary N) is 1. The topological polar surface area (TPSA) is 49.4 Å². The highest BCUT2D eigenvalue weighted by Gasteiger charge is 2.24. The van der Waals surface area contributed by atoms with Crippen LogP contribution >= 0.6 is 11.6 Å². The first-order chi connectivity index (χ1) is 10.5. The van der Waals surface area contributed by atoms with Gasteiger partial charge in [0.05, 0.1) is 0 Å². The van der Waals surface area contributed by atoms with E-state index in [1.165, 1.54) is 0 Å². The molecule has 0 fully saturated rings. The van der Waals surface area contributed by atoms with Crippen molar-refractivity contribution in [2.75, 3.05) is 6.54 Å². The average molecular weight is 325 g/mol. The van der Waals surface area contributed by atoms with Gasteiger partial charge in [0.2, 0.25) is 11.8 Å². The summed E-state index contributed by atoms with van der Waals surface area (Å²) >= 11 is 5.99. The Kier molecular flexibility index (Phi) is 7.96. The van der Waals surface area contributed by atoms with Crippen molar-refractivity contribution in [2.45, 2.75) is 52.6 Å². The van der Waals surface area contributed by atoms with E-state index in [2.05, 4.69) is 12.2 Å². The maximum Gasteiger partial charge on any atom is 0.242 e. The molecule has 2 amide bonds. The van der Waals surface area contributed by atoms with Gasteiger partial charge in [0.25, 0.3) is 0 Å². The van der Waals surface area contributed by atoms with Gasteiger partial charge < -0.3 is 10.2 Å². The standard InChI is InChI=1S/C17H25ClN2O2/c1-4-6-10-19-17(22)13(3)20(16(21)5-2)12-14-8-7-9-15(18)11-14/h7-9,11,13H,4-6,10,12H2,1-3H3,(H,19,22)/t13-/m1/s1. The minimum atomic E-state index is -0.497. The molecule has 0 saturated carbocycles. The first kappa shape index (κ1) is 18.5. The molecule has 5 heteroatoms. The fourth-order valence-corrected chi connectivity index (χ4v) is 2.37. The zero-order valence-corrected chi connectivity index (χ0v) is 14.3. The fraction of sp³-hybridized carbons (Fsp3) is 0.529. The summed E-state index contributed by atoms with van der Waals surface area (Å²) in [5, 5.41) is 3.51. The predicted octanol–water partition coefficient (Wildman–Crippen LogP) is 3.38. The summed E-state index contributed by atoms with van der Waals surface area (Å²) in [4.78, 5) is 26.0. The smallest absolute Gasteiger partial charge is 0.242 e. The SMILES string of the molecule is CCCCNC(=O)[C@@H](C)N(Cc1cccc(Cl)c1)C(=O)CC. The Labute approximate surface area is 137 Å². The highest BCUT2D eigenvalue weighted by Crippen LogP contribution is 2.15. The number of carbonyl (C=O) groups is 2. The molecule has 0 saturated heterocycles.